The third kappa shape index (κ3) is 4.07. The predicted octanol–water partition coefficient (Wildman–Crippen LogP) is 3.26. The van der Waals surface area contributed by atoms with E-state index in [4.69, 9.17) is 32.7 Å². The van der Waals surface area contributed by atoms with Crippen LogP contribution in [0.3, 0.4) is 0 Å². The van der Waals surface area contributed by atoms with Crippen LogP contribution in [0, 0.1) is 0 Å². The zero-order valence-electron chi connectivity index (χ0n) is 12.9. The van der Waals surface area contributed by atoms with Gasteiger partial charge in [0, 0.05) is 17.2 Å². The minimum absolute atomic E-state index is 0.140. The summed E-state index contributed by atoms with van der Waals surface area (Å²) in [6.45, 7) is 0.144. The average Bonchev–Trinajstić information content (AvgIpc) is 3.39. The van der Waals surface area contributed by atoms with Crippen LogP contribution in [0.2, 0.25) is 10.3 Å². The van der Waals surface area contributed by atoms with Crippen LogP contribution in [0.25, 0.3) is 0 Å². The van der Waals surface area contributed by atoms with E-state index in [9.17, 15) is 4.79 Å². The molecular weight excluding hydrogens is 353 g/mol. The largest absolute Gasteiger partial charge is 0.495 e. The Labute approximate surface area is 149 Å². The molecule has 0 radical (unpaired) electrons. The van der Waals surface area contributed by atoms with Gasteiger partial charge < -0.3 is 14.8 Å². The number of halogens is 2. The number of amides is 1. The second-order valence-corrected chi connectivity index (χ2v) is 6.09. The number of carbonyl (C=O) groups is 1. The predicted molar refractivity (Wildman–Crippen MR) is 89.9 cm³/mol. The molecular formula is C16H15Cl2N3O3. The van der Waals surface area contributed by atoms with Crippen LogP contribution in [-0.2, 0) is 6.61 Å². The number of hydrogen-bond acceptors (Lipinski definition) is 5. The molecule has 6 nitrogen and oxygen atoms in total. The number of rotatable bonds is 6. The Morgan fingerprint density at radius 3 is 2.62 bits per heavy atom. The molecule has 1 N–H and O–H groups in total. The molecule has 126 valence electrons. The molecule has 1 aliphatic rings. The Bertz CT molecular complexity index is 749. The molecule has 1 aromatic heterocycles. The maximum atomic E-state index is 12.3. The van der Waals surface area contributed by atoms with Gasteiger partial charge in [0.25, 0.3) is 5.91 Å². The van der Waals surface area contributed by atoms with Crippen molar-refractivity contribution >= 4 is 29.1 Å². The topological polar surface area (TPSA) is 73.3 Å². The Morgan fingerprint density at radius 1 is 1.29 bits per heavy atom. The molecule has 3 rings (SSSR count). The SMILES string of the molecule is COc1cc(C(=O)NC2CC2)cc(COc2cnc(Cl)nc2)c1Cl. The third-order valence-electron chi connectivity index (χ3n) is 3.50. The van der Waals surface area contributed by atoms with Crippen LogP contribution in [-0.4, -0.2) is 29.0 Å². The van der Waals surface area contributed by atoms with Crippen LogP contribution in [0.5, 0.6) is 11.5 Å². The number of aromatic nitrogens is 2. The van der Waals surface area contributed by atoms with E-state index in [2.05, 4.69) is 15.3 Å². The van der Waals surface area contributed by atoms with Gasteiger partial charge in [0.05, 0.1) is 24.5 Å². The van der Waals surface area contributed by atoms with E-state index in [0.29, 0.717) is 27.6 Å². The van der Waals surface area contributed by atoms with Gasteiger partial charge >= 0.3 is 0 Å². The number of benzene rings is 1. The van der Waals surface area contributed by atoms with E-state index in [0.717, 1.165) is 12.8 Å². The molecule has 2 aromatic rings. The van der Waals surface area contributed by atoms with Crippen molar-refractivity contribution in [1.29, 1.82) is 0 Å². The molecule has 1 amide bonds. The van der Waals surface area contributed by atoms with Crippen molar-refractivity contribution in [2.24, 2.45) is 0 Å². The van der Waals surface area contributed by atoms with E-state index in [1.807, 2.05) is 0 Å². The van der Waals surface area contributed by atoms with Crippen molar-refractivity contribution in [3.8, 4) is 11.5 Å². The van der Waals surface area contributed by atoms with Crippen LogP contribution in [0.1, 0.15) is 28.8 Å². The molecule has 1 saturated carbocycles. The number of nitrogens with one attached hydrogen (secondary N) is 1. The van der Waals surface area contributed by atoms with Crippen molar-refractivity contribution in [1.82, 2.24) is 15.3 Å². The number of ether oxygens (including phenoxy) is 2. The monoisotopic (exact) mass is 367 g/mol. The maximum absolute atomic E-state index is 12.3. The third-order valence-corrected chi connectivity index (χ3v) is 4.12. The number of methoxy groups -OCH3 is 1. The van der Waals surface area contributed by atoms with Crippen LogP contribution in [0.4, 0.5) is 0 Å². The highest BCUT2D eigenvalue weighted by Gasteiger charge is 2.24. The standard InChI is InChI=1S/C16H15Cl2N3O3/c1-23-13-5-9(15(22)21-11-2-3-11)4-10(14(13)17)8-24-12-6-19-16(18)20-7-12/h4-7,11H,2-3,8H2,1H3,(H,21,22). The van der Waals surface area contributed by atoms with Crippen molar-refractivity contribution in [2.75, 3.05) is 7.11 Å². The first kappa shape index (κ1) is 16.8. The van der Waals surface area contributed by atoms with Gasteiger partial charge in [-0.15, -0.1) is 0 Å². The highest BCUT2D eigenvalue weighted by Crippen LogP contribution is 2.31. The van der Waals surface area contributed by atoms with Crippen molar-refractivity contribution in [2.45, 2.75) is 25.5 Å². The number of nitrogens with zero attached hydrogens (tertiary/aromatic N) is 2. The summed E-state index contributed by atoms with van der Waals surface area (Å²) >= 11 is 11.9. The Morgan fingerprint density at radius 2 is 2.00 bits per heavy atom. The maximum Gasteiger partial charge on any atom is 0.251 e. The van der Waals surface area contributed by atoms with Gasteiger partial charge in [0.15, 0.2) is 5.75 Å². The second kappa shape index (κ2) is 7.23. The fraction of sp³-hybridized carbons (Fsp3) is 0.312. The molecule has 24 heavy (non-hydrogen) atoms. The summed E-state index contributed by atoms with van der Waals surface area (Å²) in [4.78, 5) is 19.9. The molecule has 0 aliphatic heterocycles. The summed E-state index contributed by atoms with van der Waals surface area (Å²) in [5, 5.41) is 3.47. The zero-order chi connectivity index (χ0) is 17.1. The summed E-state index contributed by atoms with van der Waals surface area (Å²) < 4.78 is 10.9. The molecule has 0 saturated heterocycles. The fourth-order valence-electron chi connectivity index (χ4n) is 2.07. The molecule has 0 spiro atoms. The number of hydrogen-bond donors (Lipinski definition) is 1. The lowest BCUT2D eigenvalue weighted by Gasteiger charge is -2.13. The number of carbonyl (C=O) groups excluding carboxylic acids is 1. The van der Waals surface area contributed by atoms with Gasteiger partial charge in [-0.1, -0.05) is 11.6 Å². The molecule has 0 bridgehead atoms. The van der Waals surface area contributed by atoms with Gasteiger partial charge in [-0.3, -0.25) is 4.79 Å². The quantitative estimate of drug-likeness (QED) is 0.793. The van der Waals surface area contributed by atoms with Crippen LogP contribution in [0.15, 0.2) is 24.5 Å². The first-order valence-corrected chi connectivity index (χ1v) is 8.10. The Kier molecular flexibility index (Phi) is 5.06. The molecule has 8 heteroatoms. The first-order chi connectivity index (χ1) is 11.6. The molecule has 0 atom stereocenters. The van der Waals surface area contributed by atoms with Gasteiger partial charge in [0.2, 0.25) is 5.28 Å². The van der Waals surface area contributed by atoms with E-state index in [-0.39, 0.29) is 23.8 Å². The van der Waals surface area contributed by atoms with E-state index < -0.39 is 0 Å². The fourth-order valence-corrected chi connectivity index (χ4v) is 2.41. The highest BCUT2D eigenvalue weighted by atomic mass is 35.5. The molecule has 1 fully saturated rings. The van der Waals surface area contributed by atoms with Crippen LogP contribution < -0.4 is 14.8 Å². The van der Waals surface area contributed by atoms with Gasteiger partial charge in [0.1, 0.15) is 12.4 Å². The summed E-state index contributed by atoms with van der Waals surface area (Å²) in [5.41, 5.74) is 1.11. The first-order valence-electron chi connectivity index (χ1n) is 7.34. The van der Waals surface area contributed by atoms with Crippen molar-refractivity contribution in [3.63, 3.8) is 0 Å². The van der Waals surface area contributed by atoms with Crippen LogP contribution >= 0.6 is 23.2 Å². The van der Waals surface area contributed by atoms with Crippen molar-refractivity contribution < 1.29 is 14.3 Å². The lowest BCUT2D eigenvalue weighted by atomic mass is 10.1. The van der Waals surface area contributed by atoms with Crippen molar-refractivity contribution in [3.05, 3.63) is 46.0 Å². The zero-order valence-corrected chi connectivity index (χ0v) is 14.4. The molecule has 1 aromatic carbocycles. The Balaban J connectivity index is 1.79. The van der Waals surface area contributed by atoms with Gasteiger partial charge in [-0.2, -0.15) is 0 Å². The molecule has 1 heterocycles. The lowest BCUT2D eigenvalue weighted by molar-refractivity contribution is 0.0950. The lowest BCUT2D eigenvalue weighted by Crippen LogP contribution is -2.25. The average molecular weight is 368 g/mol. The molecule has 1 aliphatic carbocycles. The van der Waals surface area contributed by atoms with E-state index in [1.54, 1.807) is 12.1 Å². The summed E-state index contributed by atoms with van der Waals surface area (Å²) in [6.07, 6.45) is 4.96. The second-order valence-electron chi connectivity index (χ2n) is 5.38. The Hall–Kier alpha value is -2.05. The summed E-state index contributed by atoms with van der Waals surface area (Å²) in [6, 6.07) is 3.58. The minimum Gasteiger partial charge on any atom is -0.495 e. The van der Waals surface area contributed by atoms with Gasteiger partial charge in [-0.25, -0.2) is 9.97 Å². The summed E-state index contributed by atoms with van der Waals surface area (Å²) in [7, 11) is 1.50. The van der Waals surface area contributed by atoms with E-state index in [1.165, 1.54) is 19.5 Å². The van der Waals surface area contributed by atoms with E-state index >= 15 is 0 Å². The smallest absolute Gasteiger partial charge is 0.251 e. The van der Waals surface area contributed by atoms with Gasteiger partial charge in [-0.05, 0) is 36.6 Å². The summed E-state index contributed by atoms with van der Waals surface area (Å²) in [5.74, 6) is 0.719. The highest BCUT2D eigenvalue weighted by molar-refractivity contribution is 6.33. The normalized spacial score (nSPS) is 13.5. The molecule has 0 unspecified atom stereocenters. The minimum atomic E-state index is -0.149.